The second-order valence-electron chi connectivity index (χ2n) is 5.44. The van der Waals surface area contributed by atoms with E-state index in [2.05, 4.69) is 12.2 Å². The minimum absolute atomic E-state index is 0.121. The minimum atomic E-state index is -4.25. The number of rotatable bonds is 2. The summed E-state index contributed by atoms with van der Waals surface area (Å²) in [5, 5.41) is 3.28. The summed E-state index contributed by atoms with van der Waals surface area (Å²) >= 11 is 0. The highest BCUT2D eigenvalue weighted by atomic mass is 19.4. The molecule has 0 atom stereocenters. The van der Waals surface area contributed by atoms with Crippen LogP contribution in [-0.2, 0) is 12.6 Å². The molecule has 0 saturated carbocycles. The van der Waals surface area contributed by atoms with Gasteiger partial charge in [0.1, 0.15) is 0 Å². The highest BCUT2D eigenvalue weighted by molar-refractivity contribution is 5.26. The number of hydrogen-bond acceptors (Lipinski definition) is 1. The van der Waals surface area contributed by atoms with Crippen LogP contribution in [0, 0.1) is 5.41 Å². The second kappa shape index (κ2) is 4.92. The lowest BCUT2D eigenvalue weighted by Gasteiger charge is -2.34. The lowest BCUT2D eigenvalue weighted by atomic mass is 9.76. The Hall–Kier alpha value is -1.03. The Bertz CT molecular complexity index is 406. The Morgan fingerprint density at radius 1 is 1.22 bits per heavy atom. The summed E-state index contributed by atoms with van der Waals surface area (Å²) in [6.07, 6.45) is -1.49. The van der Waals surface area contributed by atoms with Gasteiger partial charge in [-0.15, -0.1) is 0 Å². The lowest BCUT2D eigenvalue weighted by molar-refractivity contribution is -0.137. The predicted octanol–water partition coefficient (Wildman–Crippen LogP) is 3.64. The first-order chi connectivity index (χ1) is 8.39. The third-order valence-electron chi connectivity index (χ3n) is 3.70. The van der Waals surface area contributed by atoms with Crippen molar-refractivity contribution < 1.29 is 13.2 Å². The van der Waals surface area contributed by atoms with Gasteiger partial charge < -0.3 is 5.32 Å². The molecule has 0 aromatic heterocycles. The fourth-order valence-corrected chi connectivity index (χ4v) is 2.56. The standard InChI is InChI=1S/C14H18F3N/c1-13(5-7-18-8-6-13)10-11-3-2-4-12(9-11)14(15,16)17/h2-4,9,18H,5-8,10H2,1H3. The molecule has 18 heavy (non-hydrogen) atoms. The van der Waals surface area contributed by atoms with Crippen molar-refractivity contribution in [2.45, 2.75) is 32.4 Å². The van der Waals surface area contributed by atoms with Crippen molar-refractivity contribution in [1.82, 2.24) is 5.32 Å². The van der Waals surface area contributed by atoms with Gasteiger partial charge in [-0.25, -0.2) is 0 Å². The molecule has 1 aromatic rings. The van der Waals surface area contributed by atoms with Crippen LogP contribution in [0.1, 0.15) is 30.9 Å². The normalized spacial score (nSPS) is 19.8. The van der Waals surface area contributed by atoms with E-state index in [0.717, 1.165) is 44.0 Å². The molecule has 1 saturated heterocycles. The van der Waals surface area contributed by atoms with Gasteiger partial charge in [-0.05, 0) is 49.4 Å². The van der Waals surface area contributed by atoms with E-state index in [-0.39, 0.29) is 5.41 Å². The molecular formula is C14H18F3N. The molecular weight excluding hydrogens is 239 g/mol. The number of piperidine rings is 1. The van der Waals surface area contributed by atoms with E-state index < -0.39 is 11.7 Å². The molecule has 0 spiro atoms. The van der Waals surface area contributed by atoms with E-state index in [1.54, 1.807) is 6.07 Å². The van der Waals surface area contributed by atoms with Gasteiger partial charge >= 0.3 is 6.18 Å². The first-order valence-electron chi connectivity index (χ1n) is 6.26. The molecule has 1 aromatic carbocycles. The molecule has 2 rings (SSSR count). The Morgan fingerprint density at radius 2 is 1.89 bits per heavy atom. The molecule has 1 fully saturated rings. The Morgan fingerprint density at radius 3 is 2.50 bits per heavy atom. The van der Waals surface area contributed by atoms with Crippen LogP contribution >= 0.6 is 0 Å². The first kappa shape index (κ1) is 13.4. The highest BCUT2D eigenvalue weighted by Crippen LogP contribution is 2.34. The van der Waals surface area contributed by atoms with Gasteiger partial charge in [0.15, 0.2) is 0 Å². The van der Waals surface area contributed by atoms with Gasteiger partial charge in [0.25, 0.3) is 0 Å². The highest BCUT2D eigenvalue weighted by Gasteiger charge is 2.32. The van der Waals surface area contributed by atoms with Crippen molar-refractivity contribution >= 4 is 0 Å². The molecule has 4 heteroatoms. The van der Waals surface area contributed by atoms with E-state index in [1.807, 2.05) is 0 Å². The SMILES string of the molecule is CC1(Cc2cccc(C(F)(F)F)c2)CCNCC1. The van der Waals surface area contributed by atoms with Gasteiger partial charge in [0.05, 0.1) is 5.56 Å². The molecule has 1 nitrogen and oxygen atoms in total. The third kappa shape index (κ3) is 3.25. The molecule has 1 aliphatic heterocycles. The van der Waals surface area contributed by atoms with Crippen LogP contribution in [0.5, 0.6) is 0 Å². The lowest BCUT2D eigenvalue weighted by Crippen LogP contribution is -2.36. The molecule has 1 aliphatic rings. The summed E-state index contributed by atoms with van der Waals surface area (Å²) in [5.74, 6) is 0. The second-order valence-corrected chi connectivity index (χ2v) is 5.44. The zero-order valence-electron chi connectivity index (χ0n) is 10.5. The topological polar surface area (TPSA) is 12.0 Å². The van der Waals surface area contributed by atoms with Crippen LogP contribution in [0.4, 0.5) is 13.2 Å². The van der Waals surface area contributed by atoms with E-state index >= 15 is 0 Å². The van der Waals surface area contributed by atoms with Gasteiger partial charge in [-0.2, -0.15) is 13.2 Å². The van der Waals surface area contributed by atoms with Crippen molar-refractivity contribution in [2.24, 2.45) is 5.41 Å². The van der Waals surface area contributed by atoms with Crippen LogP contribution in [0.2, 0.25) is 0 Å². The van der Waals surface area contributed by atoms with Crippen LogP contribution in [0.25, 0.3) is 0 Å². The largest absolute Gasteiger partial charge is 0.416 e. The molecule has 0 bridgehead atoms. The summed E-state index contributed by atoms with van der Waals surface area (Å²) < 4.78 is 37.9. The van der Waals surface area contributed by atoms with E-state index in [4.69, 9.17) is 0 Å². The fraction of sp³-hybridized carbons (Fsp3) is 0.571. The summed E-state index contributed by atoms with van der Waals surface area (Å²) in [6.45, 7) is 4.07. The molecule has 0 radical (unpaired) electrons. The zero-order valence-corrected chi connectivity index (χ0v) is 10.5. The fourth-order valence-electron chi connectivity index (χ4n) is 2.56. The third-order valence-corrected chi connectivity index (χ3v) is 3.70. The molecule has 1 N–H and O–H groups in total. The molecule has 0 aliphatic carbocycles. The smallest absolute Gasteiger partial charge is 0.317 e. The number of nitrogens with one attached hydrogen (secondary N) is 1. The van der Waals surface area contributed by atoms with Crippen LogP contribution < -0.4 is 5.32 Å². The van der Waals surface area contributed by atoms with Gasteiger partial charge in [-0.3, -0.25) is 0 Å². The average Bonchev–Trinajstić information content (AvgIpc) is 2.28. The van der Waals surface area contributed by atoms with Crippen molar-refractivity contribution in [3.05, 3.63) is 35.4 Å². The van der Waals surface area contributed by atoms with E-state index in [1.165, 1.54) is 12.1 Å². The summed E-state index contributed by atoms with van der Waals surface area (Å²) in [7, 11) is 0. The van der Waals surface area contributed by atoms with Crippen molar-refractivity contribution in [3.63, 3.8) is 0 Å². The number of benzene rings is 1. The number of hydrogen-bond donors (Lipinski definition) is 1. The maximum absolute atomic E-state index is 12.6. The summed E-state index contributed by atoms with van der Waals surface area (Å²) in [4.78, 5) is 0. The van der Waals surface area contributed by atoms with E-state index in [9.17, 15) is 13.2 Å². The van der Waals surface area contributed by atoms with Crippen LogP contribution in [0.15, 0.2) is 24.3 Å². The van der Waals surface area contributed by atoms with Gasteiger partial charge in [0, 0.05) is 0 Å². The maximum atomic E-state index is 12.6. The molecule has 100 valence electrons. The van der Waals surface area contributed by atoms with E-state index in [0.29, 0.717) is 0 Å². The summed E-state index contributed by atoms with van der Waals surface area (Å²) in [6, 6.07) is 5.71. The van der Waals surface area contributed by atoms with Crippen molar-refractivity contribution in [3.8, 4) is 0 Å². The Kier molecular flexibility index (Phi) is 3.66. The molecule has 1 heterocycles. The quantitative estimate of drug-likeness (QED) is 0.853. The number of halogens is 3. The Labute approximate surface area is 105 Å². The monoisotopic (exact) mass is 257 g/mol. The van der Waals surface area contributed by atoms with Crippen LogP contribution in [0.3, 0.4) is 0 Å². The van der Waals surface area contributed by atoms with Crippen molar-refractivity contribution in [1.29, 1.82) is 0 Å². The molecule has 0 amide bonds. The minimum Gasteiger partial charge on any atom is -0.317 e. The molecule has 0 unspecified atom stereocenters. The maximum Gasteiger partial charge on any atom is 0.416 e. The zero-order chi connectivity index (χ0) is 13.2. The first-order valence-corrected chi connectivity index (χ1v) is 6.26. The Balaban J connectivity index is 2.14. The predicted molar refractivity (Wildman–Crippen MR) is 65.4 cm³/mol. The van der Waals surface area contributed by atoms with Gasteiger partial charge in [-0.1, -0.05) is 25.1 Å². The van der Waals surface area contributed by atoms with Crippen LogP contribution in [-0.4, -0.2) is 13.1 Å². The van der Waals surface area contributed by atoms with Crippen molar-refractivity contribution in [2.75, 3.05) is 13.1 Å². The number of alkyl halides is 3. The average molecular weight is 257 g/mol. The summed E-state index contributed by atoms with van der Waals surface area (Å²) in [5.41, 5.74) is 0.363. The van der Waals surface area contributed by atoms with Gasteiger partial charge in [0.2, 0.25) is 0 Å².